The highest BCUT2D eigenvalue weighted by Crippen LogP contribution is 2.73. The summed E-state index contributed by atoms with van der Waals surface area (Å²) in [6.45, 7) is 0. The molecule has 0 saturated carbocycles. The molecule has 64 heavy (non-hydrogen) atoms. The lowest BCUT2D eigenvalue weighted by molar-refractivity contribution is 0.742. The van der Waals surface area contributed by atoms with Gasteiger partial charge in [-0.2, -0.15) is 15.8 Å². The summed E-state index contributed by atoms with van der Waals surface area (Å²) >= 11 is 0. The van der Waals surface area contributed by atoms with E-state index in [1.165, 1.54) is 54.8 Å². The first-order valence-corrected chi connectivity index (χ1v) is 21.5. The molecule has 2 bridgehead atoms. The normalized spacial score (nSPS) is 16.0. The standard InChI is InChI=1S/C59H31N5/c60-31-34-14-21-50-47(24-34)56-48-26-35(32-61)25-44(57(48)59(50)51-28-36(33-62)27-49(56)58(51)59)37-15-19-41(20-16-37)64-53-13-7-5-11-43(53)46-30-39(18-23-55(46)64)38-17-22-54-45(29-38)42-10-4-6-12-52(42)63(54)40-8-2-1-3-9-40/h1-30,56H. The number of fused-ring (bicyclic) bond motifs is 6. The van der Waals surface area contributed by atoms with Gasteiger partial charge in [0.15, 0.2) is 0 Å². The van der Waals surface area contributed by atoms with Gasteiger partial charge in [0, 0.05) is 38.8 Å². The van der Waals surface area contributed by atoms with E-state index in [1.54, 1.807) is 0 Å². The third-order valence-corrected chi connectivity index (χ3v) is 14.3. The van der Waals surface area contributed by atoms with E-state index in [-0.39, 0.29) is 5.92 Å². The Labute approximate surface area is 367 Å². The minimum absolute atomic E-state index is 0.171. The van der Waals surface area contributed by atoms with E-state index in [4.69, 9.17) is 0 Å². The van der Waals surface area contributed by atoms with Crippen LogP contribution in [0.3, 0.4) is 0 Å². The fourth-order valence-electron chi connectivity index (χ4n) is 11.8. The molecular weight excluding hydrogens is 779 g/mol. The molecule has 4 aliphatic rings. The third kappa shape index (κ3) is 4.34. The molecule has 0 saturated heterocycles. The van der Waals surface area contributed by atoms with Crippen LogP contribution in [0.15, 0.2) is 182 Å². The predicted octanol–water partition coefficient (Wildman–Crippen LogP) is 13.3. The molecule has 5 nitrogen and oxygen atoms in total. The Hall–Kier alpha value is -8.95. The summed E-state index contributed by atoms with van der Waals surface area (Å²) in [4.78, 5) is 0. The Bertz CT molecular complexity index is 4050. The van der Waals surface area contributed by atoms with Crippen LogP contribution < -0.4 is 0 Å². The lowest BCUT2D eigenvalue weighted by atomic mass is 9.60. The zero-order chi connectivity index (χ0) is 42.4. The first-order valence-electron chi connectivity index (χ1n) is 21.5. The molecule has 292 valence electrons. The zero-order valence-electron chi connectivity index (χ0n) is 34.1. The number of hydrogen-bond acceptors (Lipinski definition) is 3. The quantitative estimate of drug-likeness (QED) is 0.178. The largest absolute Gasteiger partial charge is 0.309 e. The second-order valence-electron chi connectivity index (χ2n) is 17.3. The van der Waals surface area contributed by atoms with Crippen LogP contribution >= 0.6 is 0 Å². The SMILES string of the molecule is N#Cc1ccc2c(c1)C1c3cc(C#N)cc(-c4ccc(-n5c6ccccc6c6cc(-c7ccc8c(c7)c7ccccc7n8-c7ccccc7)ccc65)cc4)c3C23c2cc(C#N)cc1c23. The van der Waals surface area contributed by atoms with Crippen molar-refractivity contribution in [3.8, 4) is 51.8 Å². The Balaban J connectivity index is 0.900. The van der Waals surface area contributed by atoms with E-state index in [1.807, 2.05) is 36.4 Å². The van der Waals surface area contributed by atoms with Gasteiger partial charge in [0.2, 0.25) is 0 Å². The molecule has 1 spiro atoms. The maximum absolute atomic E-state index is 10.4. The van der Waals surface area contributed by atoms with Crippen LogP contribution in [0.1, 0.15) is 61.6 Å². The number of para-hydroxylation sites is 3. The van der Waals surface area contributed by atoms with Gasteiger partial charge < -0.3 is 9.13 Å². The van der Waals surface area contributed by atoms with Crippen molar-refractivity contribution in [3.05, 3.63) is 238 Å². The molecule has 15 rings (SSSR count). The lowest BCUT2D eigenvalue weighted by Gasteiger charge is -2.41. The number of rotatable bonds is 4. The summed E-state index contributed by atoms with van der Waals surface area (Å²) in [6.07, 6.45) is 0. The highest BCUT2D eigenvalue weighted by molar-refractivity contribution is 6.13. The van der Waals surface area contributed by atoms with Crippen molar-refractivity contribution in [3.63, 3.8) is 0 Å². The molecule has 0 fully saturated rings. The first kappa shape index (κ1) is 34.7. The highest BCUT2D eigenvalue weighted by Gasteiger charge is 2.65. The van der Waals surface area contributed by atoms with Crippen molar-refractivity contribution < 1.29 is 0 Å². The van der Waals surface area contributed by atoms with Gasteiger partial charge in [-0.25, -0.2) is 0 Å². The Morgan fingerprint density at radius 1 is 0.375 bits per heavy atom. The Kier molecular flexibility index (Phi) is 6.69. The molecule has 11 aromatic rings. The fraction of sp³-hybridized carbons (Fsp3) is 0.0339. The van der Waals surface area contributed by atoms with Crippen LogP contribution in [-0.2, 0) is 5.41 Å². The summed E-state index contributed by atoms with van der Waals surface area (Å²) in [5.41, 5.74) is 20.6. The molecule has 0 radical (unpaired) electrons. The molecule has 4 aliphatic carbocycles. The highest BCUT2D eigenvalue weighted by atomic mass is 15.0. The smallest absolute Gasteiger partial charge is 0.0991 e. The topological polar surface area (TPSA) is 81.2 Å². The summed E-state index contributed by atoms with van der Waals surface area (Å²) in [7, 11) is 0. The van der Waals surface area contributed by atoms with Crippen molar-refractivity contribution in [1.29, 1.82) is 15.8 Å². The van der Waals surface area contributed by atoms with Crippen LogP contribution in [0.25, 0.3) is 77.2 Å². The molecule has 0 aliphatic heterocycles. The molecule has 2 atom stereocenters. The zero-order valence-corrected chi connectivity index (χ0v) is 34.1. The van der Waals surface area contributed by atoms with Crippen LogP contribution in [0.5, 0.6) is 0 Å². The third-order valence-electron chi connectivity index (χ3n) is 14.3. The van der Waals surface area contributed by atoms with Crippen molar-refractivity contribution in [1.82, 2.24) is 9.13 Å². The molecular formula is C59H31N5. The predicted molar refractivity (Wildman–Crippen MR) is 253 cm³/mol. The van der Waals surface area contributed by atoms with E-state index in [9.17, 15) is 15.8 Å². The van der Waals surface area contributed by atoms with Crippen LogP contribution in [0.4, 0.5) is 0 Å². The molecule has 5 heteroatoms. The van der Waals surface area contributed by atoms with Gasteiger partial charge in [0.25, 0.3) is 0 Å². The average Bonchev–Trinajstić information content (AvgIpc) is 3.74. The number of aromatic nitrogens is 2. The molecule has 0 N–H and O–H groups in total. The Morgan fingerprint density at radius 2 is 0.891 bits per heavy atom. The van der Waals surface area contributed by atoms with E-state index in [0.717, 1.165) is 61.4 Å². The molecule has 9 aromatic carbocycles. The number of nitrogens with zero attached hydrogens (tertiary/aromatic N) is 5. The first-order chi connectivity index (χ1) is 31.6. The van der Waals surface area contributed by atoms with Gasteiger partial charge in [0.05, 0.1) is 62.4 Å². The van der Waals surface area contributed by atoms with Gasteiger partial charge in [-0.05, 0) is 158 Å². The van der Waals surface area contributed by atoms with Crippen LogP contribution in [0, 0.1) is 34.0 Å². The van der Waals surface area contributed by atoms with Gasteiger partial charge >= 0.3 is 0 Å². The van der Waals surface area contributed by atoms with Crippen molar-refractivity contribution in [2.45, 2.75) is 11.3 Å². The van der Waals surface area contributed by atoms with Gasteiger partial charge in [-0.3, -0.25) is 0 Å². The number of benzene rings is 9. The second kappa shape index (κ2) is 12.3. The second-order valence-corrected chi connectivity index (χ2v) is 17.3. The minimum atomic E-state index is -0.520. The van der Waals surface area contributed by atoms with Crippen molar-refractivity contribution >= 4 is 43.6 Å². The minimum Gasteiger partial charge on any atom is -0.309 e. The Morgan fingerprint density at radius 3 is 1.52 bits per heavy atom. The fourth-order valence-corrected chi connectivity index (χ4v) is 11.8. The van der Waals surface area contributed by atoms with Gasteiger partial charge in [-0.1, -0.05) is 84.9 Å². The van der Waals surface area contributed by atoms with Crippen molar-refractivity contribution in [2.24, 2.45) is 0 Å². The van der Waals surface area contributed by atoms with Crippen molar-refractivity contribution in [2.75, 3.05) is 0 Å². The monoisotopic (exact) mass is 809 g/mol. The van der Waals surface area contributed by atoms with E-state index >= 15 is 0 Å². The van der Waals surface area contributed by atoms with E-state index < -0.39 is 5.41 Å². The lowest BCUT2D eigenvalue weighted by Crippen LogP contribution is -2.31. The van der Waals surface area contributed by atoms with Crippen LogP contribution in [-0.4, -0.2) is 9.13 Å². The number of nitriles is 3. The van der Waals surface area contributed by atoms with E-state index in [2.05, 4.69) is 173 Å². The molecule has 2 heterocycles. The maximum atomic E-state index is 10.4. The number of hydrogen-bond donors (Lipinski definition) is 0. The molecule has 2 unspecified atom stereocenters. The van der Waals surface area contributed by atoms with E-state index in [0.29, 0.717) is 16.7 Å². The summed E-state index contributed by atoms with van der Waals surface area (Å²) in [5.74, 6) is -0.171. The summed E-state index contributed by atoms with van der Waals surface area (Å²) < 4.78 is 4.71. The van der Waals surface area contributed by atoms with Crippen LogP contribution in [0.2, 0.25) is 0 Å². The summed E-state index contributed by atoms with van der Waals surface area (Å²) in [5, 5.41) is 35.3. The average molecular weight is 810 g/mol. The van der Waals surface area contributed by atoms with Gasteiger partial charge in [-0.15, -0.1) is 0 Å². The van der Waals surface area contributed by atoms with Gasteiger partial charge in [0.1, 0.15) is 0 Å². The summed E-state index contributed by atoms with van der Waals surface area (Å²) in [6, 6.07) is 71.7. The maximum Gasteiger partial charge on any atom is 0.0991 e. The molecule has 2 aromatic heterocycles. The molecule has 0 amide bonds.